The summed E-state index contributed by atoms with van der Waals surface area (Å²) >= 11 is 0. The van der Waals surface area contributed by atoms with E-state index in [1.165, 1.54) is 4.57 Å². The van der Waals surface area contributed by atoms with Crippen LogP contribution in [-0.2, 0) is 6.54 Å². The molecule has 0 fully saturated rings. The van der Waals surface area contributed by atoms with Gasteiger partial charge in [-0.2, -0.15) is 5.10 Å². The van der Waals surface area contributed by atoms with Crippen LogP contribution >= 0.6 is 0 Å². The van der Waals surface area contributed by atoms with Gasteiger partial charge in [0.25, 0.3) is 5.56 Å². The van der Waals surface area contributed by atoms with Gasteiger partial charge in [0.05, 0.1) is 11.8 Å². The minimum absolute atomic E-state index is 0.0473. The van der Waals surface area contributed by atoms with Gasteiger partial charge in [-0.15, -0.1) is 0 Å². The van der Waals surface area contributed by atoms with E-state index in [0.717, 1.165) is 12.0 Å². The molecule has 0 aliphatic rings. The van der Waals surface area contributed by atoms with Crippen molar-refractivity contribution in [3.05, 3.63) is 33.2 Å². The van der Waals surface area contributed by atoms with Crippen LogP contribution in [-0.4, -0.2) is 29.3 Å². The third-order valence-electron chi connectivity index (χ3n) is 3.93. The second kappa shape index (κ2) is 5.28. The maximum Gasteiger partial charge on any atom is 0.332 e. The molecule has 0 amide bonds. The van der Waals surface area contributed by atoms with E-state index in [9.17, 15) is 9.59 Å². The van der Waals surface area contributed by atoms with Crippen LogP contribution in [0.3, 0.4) is 0 Å². The van der Waals surface area contributed by atoms with Gasteiger partial charge < -0.3 is 4.98 Å². The summed E-state index contributed by atoms with van der Waals surface area (Å²) < 4.78 is 2.81. The van der Waals surface area contributed by atoms with Crippen LogP contribution in [0.15, 0.2) is 22.0 Å². The lowest BCUT2D eigenvalue weighted by molar-refractivity contribution is 0.489. The Morgan fingerprint density at radius 1 is 1.32 bits per heavy atom. The van der Waals surface area contributed by atoms with Gasteiger partial charge in [0.2, 0.25) is 0 Å². The average molecular weight is 302 g/mol. The van der Waals surface area contributed by atoms with Crippen LogP contribution in [0.4, 0.5) is 0 Å². The van der Waals surface area contributed by atoms with Crippen LogP contribution in [0.5, 0.6) is 0 Å². The molecular formula is C14H18N6O2. The maximum atomic E-state index is 12.6. The van der Waals surface area contributed by atoms with Gasteiger partial charge in [0.1, 0.15) is 11.3 Å². The molecule has 1 atom stereocenters. The maximum absolute atomic E-state index is 12.6. The van der Waals surface area contributed by atoms with Crippen molar-refractivity contribution in [3.8, 4) is 11.4 Å². The predicted molar refractivity (Wildman–Crippen MR) is 82.9 cm³/mol. The lowest BCUT2D eigenvalue weighted by Gasteiger charge is -2.15. The summed E-state index contributed by atoms with van der Waals surface area (Å²) in [6.45, 7) is 6.04. The highest BCUT2D eigenvalue weighted by Gasteiger charge is 2.19. The molecule has 3 heterocycles. The Labute approximate surface area is 125 Å². The van der Waals surface area contributed by atoms with Crippen LogP contribution in [0.1, 0.15) is 33.2 Å². The molecule has 3 aromatic rings. The summed E-state index contributed by atoms with van der Waals surface area (Å²) in [5.41, 5.74) is 0.814. The Morgan fingerprint density at radius 2 is 2.09 bits per heavy atom. The third kappa shape index (κ3) is 1.99. The quantitative estimate of drug-likeness (QED) is 0.757. The van der Waals surface area contributed by atoms with Crippen molar-refractivity contribution in [2.24, 2.45) is 0 Å². The number of hydrogen-bond donors (Lipinski definition) is 2. The first-order valence-electron chi connectivity index (χ1n) is 7.32. The molecule has 22 heavy (non-hydrogen) atoms. The first-order chi connectivity index (χ1) is 10.6. The molecule has 0 saturated heterocycles. The largest absolute Gasteiger partial charge is 0.332 e. The molecule has 0 aliphatic carbocycles. The van der Waals surface area contributed by atoms with Gasteiger partial charge in [-0.3, -0.25) is 19.0 Å². The van der Waals surface area contributed by atoms with E-state index >= 15 is 0 Å². The molecule has 1 unspecified atom stereocenters. The molecule has 2 N–H and O–H groups in total. The van der Waals surface area contributed by atoms with E-state index < -0.39 is 0 Å². The van der Waals surface area contributed by atoms with Crippen molar-refractivity contribution in [3.63, 3.8) is 0 Å². The zero-order valence-electron chi connectivity index (χ0n) is 12.8. The molecule has 3 rings (SSSR count). The molecule has 116 valence electrons. The highest BCUT2D eigenvalue weighted by Crippen LogP contribution is 2.19. The Bertz CT molecular complexity index is 915. The first kappa shape index (κ1) is 14.3. The normalized spacial score (nSPS) is 12.9. The number of aromatic nitrogens is 6. The van der Waals surface area contributed by atoms with E-state index in [0.29, 0.717) is 23.5 Å². The average Bonchev–Trinajstić information content (AvgIpc) is 3.16. The SMILES string of the molecule is CCC(C)n1c(=O)n(CC)c(=O)c2[nH]c(-c3cn[nH]c3)nc21. The Kier molecular flexibility index (Phi) is 3.44. The Hall–Kier alpha value is -2.64. The summed E-state index contributed by atoms with van der Waals surface area (Å²) in [5, 5.41) is 6.59. The standard InChI is InChI=1S/C14H18N6O2/c1-4-8(3)20-12-10(13(21)19(5-2)14(20)22)17-11(18-12)9-6-15-16-7-9/h6-8H,4-5H2,1-3H3,(H,15,16)(H,17,18). The molecule has 0 bridgehead atoms. The second-order valence-electron chi connectivity index (χ2n) is 5.23. The fraction of sp³-hybridized carbons (Fsp3) is 0.429. The summed E-state index contributed by atoms with van der Waals surface area (Å²) in [4.78, 5) is 32.5. The van der Waals surface area contributed by atoms with Crippen LogP contribution in [0, 0.1) is 0 Å². The third-order valence-corrected chi connectivity index (χ3v) is 3.93. The number of H-pyrrole nitrogens is 2. The summed E-state index contributed by atoms with van der Waals surface area (Å²) in [7, 11) is 0. The lowest BCUT2D eigenvalue weighted by atomic mass is 10.2. The van der Waals surface area contributed by atoms with Crippen LogP contribution in [0.25, 0.3) is 22.6 Å². The number of hydrogen-bond acceptors (Lipinski definition) is 4. The smallest absolute Gasteiger partial charge is 0.332 e. The molecular weight excluding hydrogens is 284 g/mol. The van der Waals surface area contributed by atoms with E-state index in [1.807, 2.05) is 13.8 Å². The molecule has 3 aromatic heterocycles. The highest BCUT2D eigenvalue weighted by molar-refractivity contribution is 5.75. The summed E-state index contributed by atoms with van der Waals surface area (Å²) in [5.74, 6) is 0.520. The fourth-order valence-corrected chi connectivity index (χ4v) is 2.51. The number of imidazole rings is 1. The van der Waals surface area contributed by atoms with Gasteiger partial charge in [0, 0.05) is 18.8 Å². The molecule has 8 nitrogen and oxygen atoms in total. The van der Waals surface area contributed by atoms with E-state index in [-0.39, 0.29) is 17.3 Å². The van der Waals surface area contributed by atoms with Crippen LogP contribution in [0.2, 0.25) is 0 Å². The van der Waals surface area contributed by atoms with Gasteiger partial charge >= 0.3 is 5.69 Å². The summed E-state index contributed by atoms with van der Waals surface area (Å²) in [6.07, 6.45) is 4.06. The van der Waals surface area contributed by atoms with Gasteiger partial charge in [0.15, 0.2) is 5.65 Å². The van der Waals surface area contributed by atoms with Crippen molar-refractivity contribution in [2.75, 3.05) is 0 Å². The van der Waals surface area contributed by atoms with Gasteiger partial charge in [-0.1, -0.05) is 6.92 Å². The van der Waals surface area contributed by atoms with Crippen molar-refractivity contribution in [2.45, 2.75) is 39.8 Å². The lowest BCUT2D eigenvalue weighted by Crippen LogP contribution is -2.40. The zero-order chi connectivity index (χ0) is 15.9. The van der Waals surface area contributed by atoms with E-state index in [4.69, 9.17) is 0 Å². The predicted octanol–water partition coefficient (Wildman–Crippen LogP) is 1.27. The van der Waals surface area contributed by atoms with Gasteiger partial charge in [-0.25, -0.2) is 9.78 Å². The first-order valence-corrected chi connectivity index (χ1v) is 7.32. The van der Waals surface area contributed by atoms with E-state index in [2.05, 4.69) is 20.2 Å². The van der Waals surface area contributed by atoms with Crippen molar-refractivity contribution < 1.29 is 0 Å². The Balaban J connectivity index is 2.41. The second-order valence-corrected chi connectivity index (χ2v) is 5.23. The van der Waals surface area contributed by atoms with Crippen molar-refractivity contribution >= 4 is 11.2 Å². The molecule has 0 aromatic carbocycles. The van der Waals surface area contributed by atoms with Crippen LogP contribution < -0.4 is 11.2 Å². The monoisotopic (exact) mass is 302 g/mol. The molecule has 0 spiro atoms. The molecule has 0 saturated carbocycles. The number of fused-ring (bicyclic) bond motifs is 1. The molecule has 0 radical (unpaired) electrons. The minimum atomic E-state index is -0.343. The van der Waals surface area contributed by atoms with Crippen molar-refractivity contribution in [1.29, 1.82) is 0 Å². The number of nitrogens with zero attached hydrogens (tertiary/aromatic N) is 4. The number of aromatic amines is 2. The fourth-order valence-electron chi connectivity index (χ4n) is 2.51. The minimum Gasteiger partial charge on any atom is -0.332 e. The van der Waals surface area contributed by atoms with Crippen molar-refractivity contribution in [1.82, 2.24) is 29.3 Å². The van der Waals surface area contributed by atoms with Gasteiger partial charge in [-0.05, 0) is 20.3 Å². The number of rotatable bonds is 4. The highest BCUT2D eigenvalue weighted by atomic mass is 16.2. The molecule has 8 heteroatoms. The zero-order valence-corrected chi connectivity index (χ0v) is 12.8. The summed E-state index contributed by atoms with van der Waals surface area (Å²) in [6, 6.07) is -0.0473. The molecule has 0 aliphatic heterocycles. The van der Waals surface area contributed by atoms with E-state index in [1.54, 1.807) is 23.9 Å². The topological polar surface area (TPSA) is 101 Å². The Morgan fingerprint density at radius 3 is 2.68 bits per heavy atom. The number of nitrogens with one attached hydrogen (secondary N) is 2.